The van der Waals surface area contributed by atoms with Crippen LogP contribution in [0.15, 0.2) is 10.4 Å². The van der Waals surface area contributed by atoms with E-state index in [-0.39, 0.29) is 6.10 Å². The van der Waals surface area contributed by atoms with Crippen molar-refractivity contribution in [2.75, 3.05) is 47.4 Å². The minimum atomic E-state index is 0.0506. The Morgan fingerprint density at radius 2 is 2.19 bits per heavy atom. The highest BCUT2D eigenvalue weighted by Crippen LogP contribution is 2.21. The molecule has 27 heavy (non-hydrogen) atoms. The highest BCUT2D eigenvalue weighted by molar-refractivity contribution is 7.09. The number of thiazole rings is 1. The maximum Gasteiger partial charge on any atom is 0.193 e. The summed E-state index contributed by atoms with van der Waals surface area (Å²) in [4.78, 5) is 13.8. The second kappa shape index (κ2) is 11.6. The van der Waals surface area contributed by atoms with Gasteiger partial charge in [-0.2, -0.15) is 0 Å². The number of unbranched alkanes of at least 4 members (excludes halogenated alkanes) is 1. The molecule has 1 fully saturated rings. The van der Waals surface area contributed by atoms with E-state index in [0.717, 1.165) is 35.7 Å². The van der Waals surface area contributed by atoms with Gasteiger partial charge in [-0.3, -0.25) is 4.99 Å². The molecule has 2 rings (SSSR count). The number of rotatable bonds is 9. The minimum Gasteiger partial charge on any atom is -0.375 e. The lowest BCUT2D eigenvalue weighted by atomic mass is 9.99. The Morgan fingerprint density at radius 3 is 2.85 bits per heavy atom. The largest absolute Gasteiger partial charge is 0.375 e. The van der Waals surface area contributed by atoms with Gasteiger partial charge in [-0.1, -0.05) is 6.92 Å². The number of aromatic nitrogens is 1. The zero-order chi connectivity index (χ0) is 19.6. The van der Waals surface area contributed by atoms with Crippen LogP contribution >= 0.6 is 11.3 Å². The van der Waals surface area contributed by atoms with Crippen LogP contribution in [0.25, 0.3) is 0 Å². The van der Waals surface area contributed by atoms with E-state index in [1.807, 2.05) is 14.0 Å². The molecule has 0 amide bonds. The lowest BCUT2D eigenvalue weighted by Gasteiger charge is -2.30. The summed E-state index contributed by atoms with van der Waals surface area (Å²) >= 11 is 1.65. The third kappa shape index (κ3) is 7.39. The molecule has 1 unspecified atom stereocenters. The van der Waals surface area contributed by atoms with Gasteiger partial charge in [-0.15, -0.1) is 11.3 Å². The smallest absolute Gasteiger partial charge is 0.193 e. The van der Waals surface area contributed by atoms with E-state index in [0.29, 0.717) is 0 Å². The normalized spacial score (nSPS) is 17.9. The topological polar surface area (TPSA) is 53.0 Å². The molecule has 0 radical (unpaired) electrons. The summed E-state index contributed by atoms with van der Waals surface area (Å²) in [5.41, 5.74) is 1.06. The Kier molecular flexibility index (Phi) is 9.51. The molecule has 1 aliphatic heterocycles. The second-order valence-electron chi connectivity index (χ2n) is 7.62. The number of likely N-dealkylation sites (tertiary alicyclic amines) is 1. The fraction of sp³-hybridized carbons (Fsp3) is 0.800. The Hall–Kier alpha value is -1.18. The Morgan fingerprint density at radius 1 is 1.44 bits per heavy atom. The number of hydrogen-bond acceptors (Lipinski definition) is 5. The quantitative estimate of drug-likeness (QED) is 0.395. The number of guanidine groups is 1. The first-order chi connectivity index (χ1) is 13.0. The van der Waals surface area contributed by atoms with Crippen LogP contribution in [0.5, 0.6) is 0 Å². The molecule has 1 aliphatic rings. The molecule has 1 saturated heterocycles. The number of methoxy groups -OCH3 is 1. The molecule has 2 heterocycles. The van der Waals surface area contributed by atoms with Crippen LogP contribution in [-0.2, 0) is 11.3 Å². The average Bonchev–Trinajstić information content (AvgIpc) is 3.13. The van der Waals surface area contributed by atoms with Gasteiger partial charge >= 0.3 is 0 Å². The molecule has 1 atom stereocenters. The maximum absolute atomic E-state index is 5.34. The second-order valence-corrected chi connectivity index (χ2v) is 8.51. The molecule has 0 bridgehead atoms. The predicted molar refractivity (Wildman–Crippen MR) is 114 cm³/mol. The van der Waals surface area contributed by atoms with Gasteiger partial charge in [0.05, 0.1) is 12.2 Å². The predicted octanol–water partition coefficient (Wildman–Crippen LogP) is 3.37. The van der Waals surface area contributed by atoms with E-state index in [9.17, 15) is 0 Å². The Bertz CT molecular complexity index is 568. The van der Waals surface area contributed by atoms with Crippen LogP contribution in [-0.4, -0.2) is 68.1 Å². The van der Waals surface area contributed by atoms with Gasteiger partial charge in [0.15, 0.2) is 5.96 Å². The molecular weight excluding hydrogens is 358 g/mol. The van der Waals surface area contributed by atoms with Crippen LogP contribution in [0.2, 0.25) is 0 Å². The number of aliphatic imine (C=N–C) groups is 1. The number of piperidine rings is 1. The summed E-state index contributed by atoms with van der Waals surface area (Å²) in [5, 5.41) is 6.61. The molecule has 1 aromatic heterocycles. The summed E-state index contributed by atoms with van der Waals surface area (Å²) in [6.45, 7) is 9.88. The van der Waals surface area contributed by atoms with Crippen molar-refractivity contribution >= 4 is 17.3 Å². The van der Waals surface area contributed by atoms with Crippen LogP contribution in [0.4, 0.5) is 0 Å². The van der Waals surface area contributed by atoms with Gasteiger partial charge in [0.2, 0.25) is 0 Å². The molecule has 0 aromatic carbocycles. The minimum absolute atomic E-state index is 0.0506. The molecular formula is C20H37N5OS. The molecule has 7 heteroatoms. The van der Waals surface area contributed by atoms with Crippen molar-refractivity contribution in [1.29, 1.82) is 0 Å². The van der Waals surface area contributed by atoms with E-state index in [2.05, 4.69) is 44.4 Å². The molecule has 1 N–H and O–H groups in total. The van der Waals surface area contributed by atoms with Gasteiger partial charge in [0, 0.05) is 33.1 Å². The molecule has 6 nitrogen and oxygen atoms in total. The fourth-order valence-corrected chi connectivity index (χ4v) is 4.17. The van der Waals surface area contributed by atoms with Gasteiger partial charge < -0.3 is 19.9 Å². The standard InChI is InChI=1S/C20H37N5OS/c1-16-8-12-25(13-9-16)11-7-6-10-22-20(21-3)24(4)14-18-15-27-19(23-18)17(2)26-5/h15-17H,6-14H2,1-5H3,(H,21,22). The highest BCUT2D eigenvalue weighted by Gasteiger charge is 2.15. The third-order valence-electron chi connectivity index (χ3n) is 5.30. The van der Waals surface area contributed by atoms with Crippen molar-refractivity contribution < 1.29 is 4.74 Å². The lowest BCUT2D eigenvalue weighted by Crippen LogP contribution is -2.39. The summed E-state index contributed by atoms with van der Waals surface area (Å²) in [5.74, 6) is 1.84. The first-order valence-corrected chi connectivity index (χ1v) is 11.0. The molecule has 154 valence electrons. The molecule has 0 spiro atoms. The maximum atomic E-state index is 5.34. The molecule has 0 saturated carbocycles. The van der Waals surface area contributed by atoms with Gasteiger partial charge in [-0.05, 0) is 58.2 Å². The number of ether oxygens (including phenoxy) is 1. The fourth-order valence-electron chi connectivity index (χ4n) is 3.33. The van der Waals surface area contributed by atoms with Crippen LogP contribution in [0.1, 0.15) is 56.3 Å². The monoisotopic (exact) mass is 395 g/mol. The summed E-state index contributed by atoms with van der Waals surface area (Å²) in [6.07, 6.45) is 5.18. The van der Waals surface area contributed by atoms with Crippen molar-refractivity contribution in [3.8, 4) is 0 Å². The Labute approximate surface area is 169 Å². The van der Waals surface area contributed by atoms with Crippen molar-refractivity contribution in [3.63, 3.8) is 0 Å². The first-order valence-electron chi connectivity index (χ1n) is 10.1. The highest BCUT2D eigenvalue weighted by atomic mass is 32.1. The van der Waals surface area contributed by atoms with Gasteiger partial charge in [-0.25, -0.2) is 4.98 Å². The Balaban J connectivity index is 1.66. The third-order valence-corrected chi connectivity index (χ3v) is 6.36. The van der Waals surface area contributed by atoms with Crippen LogP contribution < -0.4 is 5.32 Å². The first kappa shape index (κ1) is 22.1. The van der Waals surface area contributed by atoms with Gasteiger partial charge in [0.25, 0.3) is 0 Å². The van der Waals surface area contributed by atoms with Crippen molar-refractivity contribution in [3.05, 3.63) is 16.1 Å². The molecule has 0 aliphatic carbocycles. The average molecular weight is 396 g/mol. The van der Waals surface area contributed by atoms with Crippen LogP contribution in [0.3, 0.4) is 0 Å². The SMILES string of the molecule is CN=C(NCCCCN1CCC(C)CC1)N(C)Cc1csc(C(C)OC)n1. The summed E-state index contributed by atoms with van der Waals surface area (Å²) in [7, 11) is 5.62. The summed E-state index contributed by atoms with van der Waals surface area (Å²) < 4.78 is 5.34. The zero-order valence-electron chi connectivity index (χ0n) is 17.7. The zero-order valence-corrected chi connectivity index (χ0v) is 18.5. The van der Waals surface area contributed by atoms with Crippen molar-refractivity contribution in [2.24, 2.45) is 10.9 Å². The lowest BCUT2D eigenvalue weighted by molar-refractivity contribution is 0.119. The van der Waals surface area contributed by atoms with E-state index < -0.39 is 0 Å². The number of hydrogen-bond donors (Lipinski definition) is 1. The van der Waals surface area contributed by atoms with E-state index in [1.54, 1.807) is 18.4 Å². The molecule has 1 aromatic rings. The van der Waals surface area contributed by atoms with E-state index >= 15 is 0 Å². The van der Waals surface area contributed by atoms with E-state index in [1.165, 1.54) is 45.3 Å². The number of nitrogens with one attached hydrogen (secondary N) is 1. The van der Waals surface area contributed by atoms with Crippen molar-refractivity contribution in [2.45, 2.75) is 52.2 Å². The van der Waals surface area contributed by atoms with E-state index in [4.69, 9.17) is 4.74 Å². The van der Waals surface area contributed by atoms with Gasteiger partial charge in [0.1, 0.15) is 11.1 Å². The van der Waals surface area contributed by atoms with Crippen molar-refractivity contribution in [1.82, 2.24) is 20.1 Å². The van der Waals surface area contributed by atoms with Crippen LogP contribution in [0, 0.1) is 5.92 Å². The summed E-state index contributed by atoms with van der Waals surface area (Å²) in [6, 6.07) is 0. The number of nitrogens with zero attached hydrogens (tertiary/aromatic N) is 4.